The number of hydrogen-bond donors (Lipinski definition) is 1. The highest BCUT2D eigenvalue weighted by Gasteiger charge is 2.15. The van der Waals surface area contributed by atoms with Crippen LogP contribution in [0.15, 0.2) is 68.8 Å². The number of halogens is 3. The molecule has 0 bridgehead atoms. The molecular formula is C18H13Br2ClN4O. The molecule has 3 rings (SSSR count). The summed E-state index contributed by atoms with van der Waals surface area (Å²) in [6.07, 6.45) is 3.25. The van der Waals surface area contributed by atoms with E-state index in [2.05, 4.69) is 47.5 Å². The van der Waals surface area contributed by atoms with E-state index in [1.54, 1.807) is 23.0 Å². The predicted octanol–water partition coefficient (Wildman–Crippen LogP) is 4.87. The van der Waals surface area contributed by atoms with Gasteiger partial charge in [0.25, 0.3) is 5.91 Å². The zero-order valence-electron chi connectivity index (χ0n) is 13.4. The van der Waals surface area contributed by atoms with Crippen LogP contribution in [-0.4, -0.2) is 21.9 Å². The molecule has 0 spiro atoms. The number of hydrogen-bond acceptors (Lipinski definition) is 3. The second kappa shape index (κ2) is 8.62. The Morgan fingerprint density at radius 3 is 2.65 bits per heavy atom. The maximum absolute atomic E-state index is 12.3. The Morgan fingerprint density at radius 1 is 1.19 bits per heavy atom. The molecular weight excluding hydrogens is 483 g/mol. The van der Waals surface area contributed by atoms with Gasteiger partial charge in [0.15, 0.2) is 5.69 Å². The van der Waals surface area contributed by atoms with Crippen LogP contribution in [-0.2, 0) is 6.54 Å². The highest BCUT2D eigenvalue weighted by atomic mass is 79.9. The average molecular weight is 497 g/mol. The first-order valence-corrected chi connectivity index (χ1v) is 9.54. The van der Waals surface area contributed by atoms with Gasteiger partial charge in [0, 0.05) is 21.3 Å². The lowest BCUT2D eigenvalue weighted by Crippen LogP contribution is -2.19. The van der Waals surface area contributed by atoms with E-state index in [0.717, 1.165) is 10.0 Å². The Kier molecular flexibility index (Phi) is 6.24. The van der Waals surface area contributed by atoms with Crippen LogP contribution in [0.3, 0.4) is 0 Å². The first-order valence-electron chi connectivity index (χ1n) is 7.58. The Hall–Kier alpha value is -1.96. The summed E-state index contributed by atoms with van der Waals surface area (Å²) in [6.45, 7) is 0.558. The molecule has 0 aliphatic carbocycles. The topological polar surface area (TPSA) is 59.3 Å². The summed E-state index contributed by atoms with van der Waals surface area (Å²) in [5.41, 5.74) is 4.52. The monoisotopic (exact) mass is 494 g/mol. The summed E-state index contributed by atoms with van der Waals surface area (Å²) in [4.78, 5) is 12.3. The van der Waals surface area contributed by atoms with Gasteiger partial charge in [-0.25, -0.2) is 5.43 Å². The van der Waals surface area contributed by atoms with Crippen molar-refractivity contribution in [2.75, 3.05) is 0 Å². The average Bonchev–Trinajstić information content (AvgIpc) is 2.99. The second-order valence-corrected chi connectivity index (χ2v) is 7.55. The lowest BCUT2D eigenvalue weighted by molar-refractivity contribution is 0.0948. The van der Waals surface area contributed by atoms with Crippen molar-refractivity contribution < 1.29 is 4.79 Å². The molecule has 0 unspecified atom stereocenters. The summed E-state index contributed by atoms with van der Waals surface area (Å²) < 4.78 is 3.31. The molecule has 0 radical (unpaired) electrons. The molecule has 1 amide bonds. The van der Waals surface area contributed by atoms with Crippen molar-refractivity contribution in [3.63, 3.8) is 0 Å². The predicted molar refractivity (Wildman–Crippen MR) is 110 cm³/mol. The van der Waals surface area contributed by atoms with Crippen molar-refractivity contribution in [1.82, 2.24) is 15.2 Å². The van der Waals surface area contributed by atoms with E-state index >= 15 is 0 Å². The molecule has 0 atom stereocenters. The molecule has 1 aromatic heterocycles. The highest BCUT2D eigenvalue weighted by molar-refractivity contribution is 9.10. The fourth-order valence-corrected chi connectivity index (χ4v) is 3.15. The number of rotatable bonds is 5. The van der Waals surface area contributed by atoms with Crippen molar-refractivity contribution in [2.24, 2.45) is 5.10 Å². The molecule has 1 heterocycles. The van der Waals surface area contributed by atoms with Crippen LogP contribution in [0, 0.1) is 0 Å². The van der Waals surface area contributed by atoms with Crippen molar-refractivity contribution >= 4 is 55.6 Å². The zero-order chi connectivity index (χ0) is 18.5. The summed E-state index contributed by atoms with van der Waals surface area (Å²) >= 11 is 12.8. The second-order valence-electron chi connectivity index (χ2n) is 5.37. The molecule has 3 aromatic rings. The van der Waals surface area contributed by atoms with Gasteiger partial charge in [0.05, 0.1) is 17.2 Å². The Balaban J connectivity index is 1.67. The fraction of sp³-hybridized carbons (Fsp3) is 0.0556. The third kappa shape index (κ3) is 4.81. The van der Waals surface area contributed by atoms with E-state index in [1.165, 1.54) is 6.21 Å². The van der Waals surface area contributed by atoms with Gasteiger partial charge in [-0.3, -0.25) is 9.48 Å². The number of amides is 1. The maximum atomic E-state index is 12.3. The van der Waals surface area contributed by atoms with Gasteiger partial charge in [-0.2, -0.15) is 10.2 Å². The van der Waals surface area contributed by atoms with Gasteiger partial charge in [-0.1, -0.05) is 57.9 Å². The van der Waals surface area contributed by atoms with E-state index in [9.17, 15) is 4.79 Å². The minimum atomic E-state index is -0.408. The van der Waals surface area contributed by atoms with Gasteiger partial charge >= 0.3 is 0 Å². The number of carbonyl (C=O) groups is 1. The van der Waals surface area contributed by atoms with E-state index < -0.39 is 5.91 Å². The standard InChI is InChI=1S/C18H13Br2ClN4O/c19-14-7-5-12(6-8-14)10-25-11-15(20)17(24-25)18(26)23-22-9-13-3-1-2-4-16(13)21/h1-9,11H,10H2,(H,23,26)/b22-9-. The van der Waals surface area contributed by atoms with E-state index in [0.29, 0.717) is 21.6 Å². The Labute approximate surface area is 172 Å². The summed E-state index contributed by atoms with van der Waals surface area (Å²) in [7, 11) is 0. The number of nitrogens with one attached hydrogen (secondary N) is 1. The molecule has 2 aromatic carbocycles. The molecule has 0 aliphatic heterocycles. The third-order valence-corrected chi connectivity index (χ3v) is 4.92. The van der Waals surface area contributed by atoms with E-state index in [-0.39, 0.29) is 5.69 Å². The largest absolute Gasteiger partial charge is 0.293 e. The zero-order valence-corrected chi connectivity index (χ0v) is 17.3. The summed E-state index contributed by atoms with van der Waals surface area (Å²) in [5.74, 6) is -0.408. The Morgan fingerprint density at radius 2 is 1.92 bits per heavy atom. The van der Waals surface area contributed by atoms with Crippen LogP contribution in [0.25, 0.3) is 0 Å². The smallest absolute Gasteiger partial charge is 0.266 e. The molecule has 26 heavy (non-hydrogen) atoms. The van der Waals surface area contributed by atoms with Crippen LogP contribution >= 0.6 is 43.5 Å². The lowest BCUT2D eigenvalue weighted by atomic mass is 10.2. The van der Waals surface area contributed by atoms with Crippen LogP contribution < -0.4 is 5.43 Å². The summed E-state index contributed by atoms with van der Waals surface area (Å²) in [5, 5.41) is 8.82. The number of carbonyl (C=O) groups excluding carboxylic acids is 1. The quantitative estimate of drug-likeness (QED) is 0.405. The number of hydrazone groups is 1. The number of aromatic nitrogens is 2. The van der Waals surface area contributed by atoms with E-state index in [4.69, 9.17) is 11.6 Å². The molecule has 1 N–H and O–H groups in total. The van der Waals surface area contributed by atoms with Crippen molar-refractivity contribution in [1.29, 1.82) is 0 Å². The highest BCUT2D eigenvalue weighted by Crippen LogP contribution is 2.17. The van der Waals surface area contributed by atoms with Gasteiger partial charge in [-0.05, 0) is 39.7 Å². The lowest BCUT2D eigenvalue weighted by Gasteiger charge is -2.02. The third-order valence-electron chi connectivity index (χ3n) is 3.46. The van der Waals surface area contributed by atoms with Crippen LogP contribution in [0.2, 0.25) is 5.02 Å². The molecule has 0 aliphatic rings. The molecule has 0 saturated carbocycles. The van der Waals surface area contributed by atoms with Crippen molar-refractivity contribution in [3.05, 3.63) is 85.5 Å². The first-order chi connectivity index (χ1) is 12.5. The maximum Gasteiger partial charge on any atom is 0.293 e. The van der Waals surface area contributed by atoms with Gasteiger partial charge in [0.1, 0.15) is 0 Å². The minimum absolute atomic E-state index is 0.262. The SMILES string of the molecule is O=C(N/N=C\c1ccccc1Cl)c1nn(Cc2ccc(Br)cc2)cc1Br. The molecule has 8 heteroatoms. The minimum Gasteiger partial charge on any atom is -0.266 e. The van der Waals surface area contributed by atoms with Gasteiger partial charge < -0.3 is 0 Å². The summed E-state index contributed by atoms with van der Waals surface area (Å²) in [6, 6.07) is 15.1. The Bertz CT molecular complexity index is 954. The number of nitrogens with zero attached hydrogens (tertiary/aromatic N) is 3. The molecule has 5 nitrogen and oxygen atoms in total. The normalized spacial score (nSPS) is 11.0. The number of benzene rings is 2. The fourth-order valence-electron chi connectivity index (χ4n) is 2.20. The van der Waals surface area contributed by atoms with E-state index in [1.807, 2.05) is 36.4 Å². The van der Waals surface area contributed by atoms with Gasteiger partial charge in [0.2, 0.25) is 0 Å². The van der Waals surface area contributed by atoms with Gasteiger partial charge in [-0.15, -0.1) is 0 Å². The first kappa shape index (κ1) is 18.8. The van der Waals surface area contributed by atoms with Crippen LogP contribution in [0.4, 0.5) is 0 Å². The van der Waals surface area contributed by atoms with Crippen LogP contribution in [0.1, 0.15) is 21.6 Å². The molecule has 132 valence electrons. The molecule has 0 saturated heterocycles. The van der Waals surface area contributed by atoms with Crippen LogP contribution in [0.5, 0.6) is 0 Å². The molecule has 0 fully saturated rings. The van der Waals surface area contributed by atoms with Crippen molar-refractivity contribution in [3.8, 4) is 0 Å². The van der Waals surface area contributed by atoms with Crippen molar-refractivity contribution in [2.45, 2.75) is 6.54 Å².